The summed E-state index contributed by atoms with van der Waals surface area (Å²) in [5.74, 6) is 0.695. The van der Waals surface area contributed by atoms with Gasteiger partial charge >= 0.3 is 0 Å². The second-order valence-electron chi connectivity index (χ2n) is 6.82. The molecule has 3 rings (SSSR count). The highest BCUT2D eigenvalue weighted by Crippen LogP contribution is 2.29. The molecule has 1 amide bonds. The van der Waals surface area contributed by atoms with Crippen molar-refractivity contribution in [3.8, 4) is 0 Å². The van der Waals surface area contributed by atoms with Gasteiger partial charge in [-0.05, 0) is 49.6 Å². The van der Waals surface area contributed by atoms with E-state index in [-0.39, 0.29) is 10.8 Å². The van der Waals surface area contributed by atoms with Crippen LogP contribution in [0.2, 0.25) is 0 Å². The lowest BCUT2D eigenvalue weighted by Crippen LogP contribution is -2.45. The molecule has 6 nitrogen and oxygen atoms in total. The number of piperidine rings is 1. The Bertz CT molecular complexity index is 687. The summed E-state index contributed by atoms with van der Waals surface area (Å²) in [5.41, 5.74) is 0. The van der Waals surface area contributed by atoms with Crippen LogP contribution in [0.25, 0.3) is 0 Å². The van der Waals surface area contributed by atoms with Gasteiger partial charge in [-0.25, -0.2) is 12.7 Å². The highest BCUT2D eigenvalue weighted by atomic mass is 32.2. The van der Waals surface area contributed by atoms with Crippen molar-refractivity contribution < 1.29 is 13.2 Å². The largest absolute Gasteiger partial charge is 0.338 e. The van der Waals surface area contributed by atoms with E-state index >= 15 is 0 Å². The summed E-state index contributed by atoms with van der Waals surface area (Å²) in [5, 5.41) is 5.26. The molecule has 1 N–H and O–H groups in total. The number of thiophene rings is 1. The molecule has 0 unspecified atom stereocenters. The minimum absolute atomic E-state index is 0.122. The van der Waals surface area contributed by atoms with Crippen molar-refractivity contribution >= 4 is 27.3 Å². The van der Waals surface area contributed by atoms with Crippen LogP contribution in [0.5, 0.6) is 0 Å². The molecular weight excluding hydrogens is 346 g/mol. The lowest BCUT2D eigenvalue weighted by atomic mass is 10.0. The summed E-state index contributed by atoms with van der Waals surface area (Å²) in [6, 6.07) is 2.00. The first-order chi connectivity index (χ1) is 11.4. The van der Waals surface area contributed by atoms with Gasteiger partial charge in [0.2, 0.25) is 10.0 Å². The van der Waals surface area contributed by atoms with Gasteiger partial charge in [0.15, 0.2) is 0 Å². The fourth-order valence-corrected chi connectivity index (χ4v) is 5.19. The molecule has 134 valence electrons. The van der Waals surface area contributed by atoms with Gasteiger partial charge in [-0.1, -0.05) is 0 Å². The SMILES string of the molecule is CN(C)S(=O)(=O)c1ccsc1C(=O)N1CCC(NCC2CC2)CC1. The Hall–Kier alpha value is -0.960. The predicted octanol–water partition coefficient (Wildman–Crippen LogP) is 1.60. The molecule has 1 saturated carbocycles. The average molecular weight is 372 g/mol. The first kappa shape index (κ1) is 17.8. The normalized spacial score (nSPS) is 19.9. The van der Waals surface area contributed by atoms with Crippen molar-refractivity contribution in [2.45, 2.75) is 36.6 Å². The van der Waals surface area contributed by atoms with Gasteiger partial charge in [0, 0.05) is 33.2 Å². The molecule has 0 aromatic carbocycles. The molecule has 0 atom stereocenters. The Morgan fingerprint density at radius 1 is 1.29 bits per heavy atom. The molecule has 0 spiro atoms. The van der Waals surface area contributed by atoms with E-state index in [4.69, 9.17) is 0 Å². The fraction of sp³-hybridized carbons (Fsp3) is 0.688. The van der Waals surface area contributed by atoms with Crippen molar-refractivity contribution in [3.63, 3.8) is 0 Å². The summed E-state index contributed by atoms with van der Waals surface area (Å²) < 4.78 is 25.9. The zero-order valence-corrected chi connectivity index (χ0v) is 15.8. The van der Waals surface area contributed by atoms with Crippen molar-refractivity contribution in [2.24, 2.45) is 5.92 Å². The Balaban J connectivity index is 1.62. The first-order valence-corrected chi connectivity index (χ1v) is 10.7. The van der Waals surface area contributed by atoms with Gasteiger partial charge in [-0.15, -0.1) is 11.3 Å². The number of amides is 1. The number of sulfonamides is 1. The molecule has 2 fully saturated rings. The van der Waals surface area contributed by atoms with Gasteiger partial charge in [0.05, 0.1) is 0 Å². The van der Waals surface area contributed by atoms with Gasteiger partial charge in [0.1, 0.15) is 9.77 Å². The maximum Gasteiger partial charge on any atom is 0.265 e. The smallest absolute Gasteiger partial charge is 0.265 e. The number of nitrogens with zero attached hydrogens (tertiary/aromatic N) is 2. The number of rotatable bonds is 6. The lowest BCUT2D eigenvalue weighted by molar-refractivity contribution is 0.0706. The van der Waals surface area contributed by atoms with Gasteiger partial charge in [-0.3, -0.25) is 4.79 Å². The molecule has 1 aromatic rings. The van der Waals surface area contributed by atoms with Crippen molar-refractivity contribution in [2.75, 3.05) is 33.7 Å². The van der Waals surface area contributed by atoms with E-state index in [1.54, 1.807) is 10.3 Å². The molecule has 0 radical (unpaired) electrons. The van der Waals surface area contributed by atoms with E-state index in [1.165, 1.54) is 44.3 Å². The molecule has 24 heavy (non-hydrogen) atoms. The Labute approximate surface area is 147 Å². The quantitative estimate of drug-likeness (QED) is 0.825. The summed E-state index contributed by atoms with van der Waals surface area (Å²) in [6.45, 7) is 2.45. The third-order valence-corrected chi connectivity index (χ3v) is 7.65. The van der Waals surface area contributed by atoms with Crippen LogP contribution >= 0.6 is 11.3 Å². The maximum atomic E-state index is 12.8. The summed E-state index contributed by atoms with van der Waals surface area (Å²) in [7, 11) is -0.617. The van der Waals surface area contributed by atoms with E-state index in [2.05, 4.69) is 5.32 Å². The maximum absolute atomic E-state index is 12.8. The topological polar surface area (TPSA) is 69.7 Å². The van der Waals surface area contributed by atoms with Crippen molar-refractivity contribution in [1.82, 2.24) is 14.5 Å². The molecule has 2 heterocycles. The Morgan fingerprint density at radius 3 is 2.54 bits per heavy atom. The molecule has 1 aromatic heterocycles. The molecule has 0 bridgehead atoms. The van der Waals surface area contributed by atoms with Crippen LogP contribution < -0.4 is 5.32 Å². The predicted molar refractivity (Wildman–Crippen MR) is 94.8 cm³/mol. The second-order valence-corrected chi connectivity index (χ2v) is 9.86. The van der Waals surface area contributed by atoms with E-state index < -0.39 is 10.0 Å². The Kier molecular flexibility index (Phi) is 5.29. The van der Waals surface area contributed by atoms with Gasteiger partial charge in [-0.2, -0.15) is 0 Å². The van der Waals surface area contributed by atoms with Crippen LogP contribution in [0.4, 0.5) is 0 Å². The first-order valence-electron chi connectivity index (χ1n) is 8.42. The Morgan fingerprint density at radius 2 is 1.96 bits per heavy atom. The van der Waals surface area contributed by atoms with Crippen molar-refractivity contribution in [3.05, 3.63) is 16.3 Å². The summed E-state index contributed by atoms with van der Waals surface area (Å²) >= 11 is 1.21. The van der Waals surface area contributed by atoms with Crippen LogP contribution in [0.15, 0.2) is 16.3 Å². The minimum atomic E-state index is -3.59. The number of hydrogen-bond acceptors (Lipinski definition) is 5. The van der Waals surface area contributed by atoms with Crippen LogP contribution in [0.3, 0.4) is 0 Å². The van der Waals surface area contributed by atoms with E-state index in [0.717, 1.165) is 29.6 Å². The highest BCUT2D eigenvalue weighted by Gasteiger charge is 2.31. The number of carbonyl (C=O) groups is 1. The lowest BCUT2D eigenvalue weighted by Gasteiger charge is -2.32. The molecule has 1 aliphatic carbocycles. The third-order valence-electron chi connectivity index (χ3n) is 4.76. The third kappa shape index (κ3) is 3.82. The average Bonchev–Trinajstić information content (AvgIpc) is 3.26. The van der Waals surface area contributed by atoms with E-state index in [1.807, 2.05) is 0 Å². The number of nitrogens with one attached hydrogen (secondary N) is 1. The second kappa shape index (κ2) is 7.11. The standard InChI is InChI=1S/C16H25N3O3S2/c1-18(2)24(21,22)14-7-10-23-15(14)16(20)19-8-5-13(6-9-19)17-11-12-3-4-12/h7,10,12-13,17H,3-6,8-9,11H2,1-2H3. The monoisotopic (exact) mass is 371 g/mol. The zero-order chi connectivity index (χ0) is 17.3. The highest BCUT2D eigenvalue weighted by molar-refractivity contribution is 7.89. The van der Waals surface area contributed by atoms with Gasteiger partial charge in [0.25, 0.3) is 5.91 Å². The van der Waals surface area contributed by atoms with E-state index in [9.17, 15) is 13.2 Å². The van der Waals surface area contributed by atoms with Gasteiger partial charge < -0.3 is 10.2 Å². The van der Waals surface area contributed by atoms with Crippen LogP contribution in [-0.4, -0.2) is 63.3 Å². The van der Waals surface area contributed by atoms with Crippen LogP contribution in [0.1, 0.15) is 35.4 Å². The summed E-state index contributed by atoms with van der Waals surface area (Å²) in [4.78, 5) is 15.0. The summed E-state index contributed by atoms with van der Waals surface area (Å²) in [6.07, 6.45) is 4.54. The number of carbonyl (C=O) groups excluding carboxylic acids is 1. The number of likely N-dealkylation sites (tertiary alicyclic amines) is 1. The molecule has 1 aliphatic heterocycles. The molecule has 8 heteroatoms. The van der Waals surface area contributed by atoms with E-state index in [0.29, 0.717) is 24.0 Å². The van der Waals surface area contributed by atoms with Crippen LogP contribution in [-0.2, 0) is 10.0 Å². The molecule has 1 saturated heterocycles. The molecule has 2 aliphatic rings. The molecular formula is C16H25N3O3S2. The van der Waals surface area contributed by atoms with Crippen molar-refractivity contribution in [1.29, 1.82) is 0 Å². The minimum Gasteiger partial charge on any atom is -0.338 e. The fourth-order valence-electron chi connectivity index (χ4n) is 2.94. The number of hydrogen-bond donors (Lipinski definition) is 1. The zero-order valence-electron chi connectivity index (χ0n) is 14.2. The van der Waals surface area contributed by atoms with Crippen LogP contribution in [0, 0.1) is 5.92 Å².